The summed E-state index contributed by atoms with van der Waals surface area (Å²) >= 11 is 1.39. The van der Waals surface area contributed by atoms with Crippen LogP contribution in [0.5, 0.6) is 0 Å². The van der Waals surface area contributed by atoms with E-state index in [0.717, 1.165) is 57.0 Å². The topological polar surface area (TPSA) is 38.2 Å². The number of thioether (sulfide) groups is 1. The van der Waals surface area contributed by atoms with Crippen LogP contribution in [0.4, 0.5) is 13.2 Å². The first-order valence-electron chi connectivity index (χ1n) is 8.70. The number of hydrogen-bond donors (Lipinski definition) is 0. The molecule has 2 aliphatic rings. The Kier molecular flexibility index (Phi) is 5.60. The molecule has 4 nitrogen and oxygen atoms in total. The highest BCUT2D eigenvalue weighted by molar-refractivity contribution is 7.99. The van der Waals surface area contributed by atoms with E-state index < -0.39 is 11.9 Å². The molecule has 3 rings (SSSR count). The zero-order valence-corrected chi connectivity index (χ0v) is 15.4. The average Bonchev–Trinajstić information content (AvgIpc) is 3.10. The van der Waals surface area contributed by atoms with Gasteiger partial charge < -0.3 is 4.74 Å². The Balaban J connectivity index is 1.61. The molecule has 2 saturated heterocycles. The van der Waals surface area contributed by atoms with Crippen molar-refractivity contribution in [1.29, 1.82) is 0 Å². The van der Waals surface area contributed by atoms with Crippen molar-refractivity contribution in [1.82, 2.24) is 14.9 Å². The lowest BCUT2D eigenvalue weighted by molar-refractivity contribution is -0.141. The maximum atomic E-state index is 12.8. The summed E-state index contributed by atoms with van der Waals surface area (Å²) in [5, 5.41) is 0.387. The van der Waals surface area contributed by atoms with Gasteiger partial charge in [0.05, 0.1) is 12.7 Å². The molecule has 2 atom stereocenters. The van der Waals surface area contributed by atoms with Gasteiger partial charge in [0.1, 0.15) is 17.0 Å². The quantitative estimate of drug-likeness (QED) is 0.555. The first-order valence-corrected chi connectivity index (χ1v) is 9.69. The molecule has 0 bridgehead atoms. The molecule has 1 aromatic heterocycles. The van der Waals surface area contributed by atoms with Gasteiger partial charge in [-0.25, -0.2) is 9.97 Å². The second kappa shape index (κ2) is 7.40. The third kappa shape index (κ3) is 4.28. The Hall–Kier alpha value is -0.860. The number of halogens is 3. The average molecular weight is 375 g/mol. The third-order valence-electron chi connectivity index (χ3n) is 5.08. The van der Waals surface area contributed by atoms with Crippen molar-refractivity contribution in [2.75, 3.05) is 18.9 Å². The van der Waals surface area contributed by atoms with Gasteiger partial charge in [0.2, 0.25) is 0 Å². The van der Waals surface area contributed by atoms with Crippen molar-refractivity contribution in [2.24, 2.45) is 0 Å². The van der Waals surface area contributed by atoms with E-state index in [1.54, 1.807) is 0 Å². The number of hydrogen-bond acceptors (Lipinski definition) is 5. The molecule has 0 aliphatic carbocycles. The van der Waals surface area contributed by atoms with Gasteiger partial charge >= 0.3 is 6.18 Å². The summed E-state index contributed by atoms with van der Waals surface area (Å²) in [4.78, 5) is 9.83. The zero-order valence-electron chi connectivity index (χ0n) is 14.6. The van der Waals surface area contributed by atoms with Crippen molar-refractivity contribution < 1.29 is 17.9 Å². The number of alkyl halides is 3. The molecule has 0 spiro atoms. The molecular formula is C17H24F3N3OS. The lowest BCUT2D eigenvalue weighted by atomic mass is 9.95. The Bertz CT molecular complexity index is 599. The van der Waals surface area contributed by atoms with E-state index >= 15 is 0 Å². The minimum absolute atomic E-state index is 0.123. The van der Waals surface area contributed by atoms with Crippen LogP contribution >= 0.6 is 11.8 Å². The summed E-state index contributed by atoms with van der Waals surface area (Å²) < 4.78 is 44.2. The van der Waals surface area contributed by atoms with Crippen LogP contribution in [0.3, 0.4) is 0 Å². The largest absolute Gasteiger partial charge is 0.433 e. The fourth-order valence-electron chi connectivity index (χ4n) is 3.87. The van der Waals surface area contributed by atoms with Gasteiger partial charge in [-0.15, -0.1) is 11.8 Å². The standard InChI is InChI=1S/C17H24F3N3OS/c1-12(2)24-10-16-5-3-7-23(16)13(4-6-16)9-25-15-8-14(17(18,19)20)21-11-22-15/h8,11-13H,3-7,9-10H2,1-2H3. The Labute approximate surface area is 150 Å². The number of nitrogens with zero attached hydrogens (tertiary/aromatic N) is 3. The summed E-state index contributed by atoms with van der Waals surface area (Å²) in [6, 6.07) is 1.41. The lowest BCUT2D eigenvalue weighted by Crippen LogP contribution is -2.46. The van der Waals surface area contributed by atoms with Crippen molar-refractivity contribution in [2.45, 2.75) is 68.4 Å². The predicted octanol–water partition coefficient (Wildman–Crippen LogP) is 4.01. The van der Waals surface area contributed by atoms with E-state index in [9.17, 15) is 13.2 Å². The van der Waals surface area contributed by atoms with Crippen LogP contribution in [0.15, 0.2) is 17.4 Å². The van der Waals surface area contributed by atoms with Gasteiger partial charge in [-0.3, -0.25) is 4.90 Å². The SMILES string of the molecule is CC(C)OCC12CCCN1C(CSc1cc(C(F)(F)F)ncn1)CC2. The van der Waals surface area contributed by atoms with Gasteiger partial charge in [0.15, 0.2) is 0 Å². The Morgan fingerprint density at radius 2 is 2.16 bits per heavy atom. The maximum absolute atomic E-state index is 12.8. The van der Waals surface area contributed by atoms with E-state index in [4.69, 9.17) is 4.74 Å². The highest BCUT2D eigenvalue weighted by Gasteiger charge is 2.49. The van der Waals surface area contributed by atoms with Crippen LogP contribution in [0.2, 0.25) is 0 Å². The summed E-state index contributed by atoms with van der Waals surface area (Å²) in [6.07, 6.45) is 1.25. The minimum Gasteiger partial charge on any atom is -0.377 e. The molecule has 0 radical (unpaired) electrons. The van der Waals surface area contributed by atoms with E-state index in [0.29, 0.717) is 11.1 Å². The number of rotatable bonds is 6. The Morgan fingerprint density at radius 3 is 2.88 bits per heavy atom. The van der Waals surface area contributed by atoms with Gasteiger partial charge in [-0.05, 0) is 46.1 Å². The lowest BCUT2D eigenvalue weighted by Gasteiger charge is -2.35. The maximum Gasteiger partial charge on any atom is 0.433 e. The first-order chi connectivity index (χ1) is 11.8. The van der Waals surface area contributed by atoms with Crippen LogP contribution in [-0.4, -0.2) is 51.5 Å². The van der Waals surface area contributed by atoms with Crippen molar-refractivity contribution in [3.63, 3.8) is 0 Å². The van der Waals surface area contributed by atoms with Gasteiger partial charge in [-0.1, -0.05) is 0 Å². The van der Waals surface area contributed by atoms with Crippen LogP contribution in [0.1, 0.15) is 45.2 Å². The van der Waals surface area contributed by atoms with Crippen LogP contribution in [0, 0.1) is 0 Å². The summed E-state index contributed by atoms with van der Waals surface area (Å²) in [7, 11) is 0. The summed E-state index contributed by atoms with van der Waals surface area (Å²) in [6.45, 7) is 5.89. The van der Waals surface area contributed by atoms with Crippen LogP contribution < -0.4 is 0 Å². The van der Waals surface area contributed by atoms with Crippen LogP contribution in [0.25, 0.3) is 0 Å². The first kappa shape index (κ1) is 18.9. The summed E-state index contributed by atoms with van der Waals surface area (Å²) in [5.41, 5.74) is -0.754. The molecule has 0 aromatic carbocycles. The highest BCUT2D eigenvalue weighted by atomic mass is 32.2. The molecular weight excluding hydrogens is 351 g/mol. The van der Waals surface area contributed by atoms with Crippen molar-refractivity contribution in [3.8, 4) is 0 Å². The number of aromatic nitrogens is 2. The molecule has 0 N–H and O–H groups in total. The molecule has 2 aliphatic heterocycles. The fraction of sp³-hybridized carbons (Fsp3) is 0.765. The van der Waals surface area contributed by atoms with Gasteiger partial charge in [-0.2, -0.15) is 13.2 Å². The van der Waals surface area contributed by atoms with Crippen molar-refractivity contribution >= 4 is 11.8 Å². The smallest absolute Gasteiger partial charge is 0.377 e. The second-order valence-electron chi connectivity index (χ2n) is 7.12. The molecule has 25 heavy (non-hydrogen) atoms. The third-order valence-corrected chi connectivity index (χ3v) is 6.15. The van der Waals surface area contributed by atoms with Gasteiger partial charge in [0.25, 0.3) is 0 Å². The molecule has 1 aromatic rings. The zero-order chi connectivity index (χ0) is 18.1. The molecule has 3 heterocycles. The molecule has 0 amide bonds. The summed E-state index contributed by atoms with van der Waals surface area (Å²) in [5.74, 6) is 0.748. The monoisotopic (exact) mass is 375 g/mol. The second-order valence-corrected chi connectivity index (χ2v) is 8.16. The van der Waals surface area contributed by atoms with E-state index in [-0.39, 0.29) is 11.6 Å². The fourth-order valence-corrected chi connectivity index (χ4v) is 4.89. The number of ether oxygens (including phenoxy) is 1. The molecule has 8 heteroatoms. The number of fused-ring (bicyclic) bond motifs is 1. The van der Waals surface area contributed by atoms with Crippen molar-refractivity contribution in [3.05, 3.63) is 18.1 Å². The van der Waals surface area contributed by atoms with E-state index in [1.165, 1.54) is 11.8 Å². The molecule has 2 fully saturated rings. The van der Waals surface area contributed by atoms with Gasteiger partial charge in [0, 0.05) is 23.4 Å². The minimum atomic E-state index is -4.43. The molecule has 0 saturated carbocycles. The predicted molar refractivity (Wildman–Crippen MR) is 90.5 cm³/mol. The van der Waals surface area contributed by atoms with E-state index in [1.807, 2.05) is 13.8 Å². The van der Waals surface area contributed by atoms with E-state index in [2.05, 4.69) is 14.9 Å². The van der Waals surface area contributed by atoms with Crippen LogP contribution in [-0.2, 0) is 10.9 Å². The highest BCUT2D eigenvalue weighted by Crippen LogP contribution is 2.44. The molecule has 2 unspecified atom stereocenters. The Morgan fingerprint density at radius 1 is 1.36 bits per heavy atom. The molecule has 140 valence electrons. The normalized spacial score (nSPS) is 27.2.